The van der Waals surface area contributed by atoms with E-state index < -0.39 is 4.92 Å². The van der Waals surface area contributed by atoms with Crippen LogP contribution in [0, 0.1) is 24.0 Å². The number of aryl methyl sites for hydroxylation is 2. The van der Waals surface area contributed by atoms with E-state index in [1.54, 1.807) is 7.11 Å². The molecule has 0 bridgehead atoms. The van der Waals surface area contributed by atoms with Crippen molar-refractivity contribution in [3.05, 3.63) is 57.1 Å². The molecule has 0 radical (unpaired) electrons. The second-order valence-electron chi connectivity index (χ2n) is 6.88. The summed E-state index contributed by atoms with van der Waals surface area (Å²) in [6.45, 7) is 9.94. The van der Waals surface area contributed by atoms with Crippen molar-refractivity contribution in [2.24, 2.45) is 0 Å². The van der Waals surface area contributed by atoms with Crippen molar-refractivity contribution in [1.29, 1.82) is 0 Å². The van der Waals surface area contributed by atoms with Crippen LogP contribution >= 0.6 is 0 Å². The molecule has 0 aromatic heterocycles. The van der Waals surface area contributed by atoms with Gasteiger partial charge in [0.15, 0.2) is 0 Å². The number of nitro groups is 1. The molecule has 0 aliphatic carbocycles. The molecule has 0 saturated heterocycles. The molecule has 2 aromatic rings. The molecule has 2 aromatic carbocycles. The topological polar surface area (TPSA) is 61.6 Å². The number of ether oxygens (including phenoxy) is 2. The number of rotatable bonds is 4. The highest BCUT2D eigenvalue weighted by atomic mass is 16.6. The van der Waals surface area contributed by atoms with Gasteiger partial charge in [0.25, 0.3) is 5.69 Å². The van der Waals surface area contributed by atoms with E-state index in [0.717, 1.165) is 22.4 Å². The van der Waals surface area contributed by atoms with E-state index in [9.17, 15) is 10.1 Å². The molecule has 0 spiro atoms. The highest BCUT2D eigenvalue weighted by Gasteiger charge is 2.20. The van der Waals surface area contributed by atoms with Crippen LogP contribution in [-0.4, -0.2) is 12.0 Å². The first-order valence-electron chi connectivity index (χ1n) is 7.75. The van der Waals surface area contributed by atoms with Gasteiger partial charge >= 0.3 is 0 Å². The first kappa shape index (κ1) is 17.8. The van der Waals surface area contributed by atoms with Crippen molar-refractivity contribution in [2.45, 2.75) is 40.0 Å². The van der Waals surface area contributed by atoms with Gasteiger partial charge in [-0.3, -0.25) is 10.1 Å². The number of hydrogen-bond donors (Lipinski definition) is 0. The van der Waals surface area contributed by atoms with Crippen LogP contribution in [0.15, 0.2) is 30.3 Å². The molecule has 0 atom stereocenters. The average molecular weight is 329 g/mol. The second-order valence-corrected chi connectivity index (χ2v) is 6.88. The second kappa shape index (κ2) is 6.51. The fourth-order valence-corrected chi connectivity index (χ4v) is 2.65. The largest absolute Gasteiger partial charge is 0.496 e. The Labute approximate surface area is 142 Å². The Morgan fingerprint density at radius 1 is 1.04 bits per heavy atom. The van der Waals surface area contributed by atoms with Gasteiger partial charge in [-0.15, -0.1) is 0 Å². The predicted molar refractivity (Wildman–Crippen MR) is 94.3 cm³/mol. The Morgan fingerprint density at radius 3 is 2.08 bits per heavy atom. The number of non-ortho nitro benzene ring substituents is 1. The van der Waals surface area contributed by atoms with Crippen molar-refractivity contribution >= 4 is 5.69 Å². The van der Waals surface area contributed by atoms with Gasteiger partial charge in [-0.2, -0.15) is 0 Å². The standard InChI is InChI=1S/C19H23NO4/c1-12-9-14(20(21)22)10-13(2)18(12)24-15-7-8-17(23-6)16(11-15)19(3,4)5/h7-11H,1-6H3. The summed E-state index contributed by atoms with van der Waals surface area (Å²) in [5.74, 6) is 2.14. The number of benzene rings is 2. The summed E-state index contributed by atoms with van der Waals surface area (Å²) in [5, 5.41) is 11.0. The quantitative estimate of drug-likeness (QED) is 0.563. The molecule has 0 aliphatic heterocycles. The van der Waals surface area contributed by atoms with E-state index in [2.05, 4.69) is 20.8 Å². The van der Waals surface area contributed by atoms with Gasteiger partial charge in [-0.05, 0) is 48.6 Å². The Balaban J connectivity index is 2.44. The van der Waals surface area contributed by atoms with Gasteiger partial charge in [0.05, 0.1) is 12.0 Å². The zero-order chi connectivity index (χ0) is 18.1. The monoisotopic (exact) mass is 329 g/mol. The Hall–Kier alpha value is -2.56. The maximum atomic E-state index is 11.0. The molecule has 0 unspecified atom stereocenters. The molecular weight excluding hydrogens is 306 g/mol. The number of nitro benzene ring substituents is 1. The first-order chi connectivity index (χ1) is 11.1. The van der Waals surface area contributed by atoms with Crippen molar-refractivity contribution in [3.8, 4) is 17.2 Å². The molecule has 24 heavy (non-hydrogen) atoms. The molecule has 0 aliphatic rings. The third-order valence-corrected chi connectivity index (χ3v) is 3.85. The molecule has 5 heteroatoms. The Kier molecular flexibility index (Phi) is 4.83. The van der Waals surface area contributed by atoms with E-state index in [1.807, 2.05) is 32.0 Å². The van der Waals surface area contributed by atoms with Crippen molar-refractivity contribution in [1.82, 2.24) is 0 Å². The lowest BCUT2D eigenvalue weighted by Crippen LogP contribution is -2.12. The molecule has 0 amide bonds. The molecular formula is C19H23NO4. The Morgan fingerprint density at radius 2 is 1.62 bits per heavy atom. The van der Waals surface area contributed by atoms with E-state index in [4.69, 9.17) is 9.47 Å². The summed E-state index contributed by atoms with van der Waals surface area (Å²) in [7, 11) is 1.65. The molecule has 0 fully saturated rings. The highest BCUT2D eigenvalue weighted by molar-refractivity contribution is 5.52. The Bertz CT molecular complexity index is 752. The molecule has 128 valence electrons. The average Bonchev–Trinajstić information content (AvgIpc) is 2.49. The summed E-state index contributed by atoms with van der Waals surface area (Å²) in [6, 6.07) is 8.73. The zero-order valence-electron chi connectivity index (χ0n) is 15.0. The van der Waals surface area contributed by atoms with E-state index in [0.29, 0.717) is 11.5 Å². The van der Waals surface area contributed by atoms with Gasteiger partial charge in [-0.1, -0.05) is 20.8 Å². The SMILES string of the molecule is COc1ccc(Oc2c(C)cc([N+](=O)[O-])cc2C)cc1C(C)(C)C. The number of nitrogens with zero attached hydrogens (tertiary/aromatic N) is 1. The highest BCUT2D eigenvalue weighted by Crippen LogP contribution is 2.37. The fourth-order valence-electron chi connectivity index (χ4n) is 2.65. The van der Waals surface area contributed by atoms with Crippen molar-refractivity contribution in [2.75, 3.05) is 7.11 Å². The van der Waals surface area contributed by atoms with Crippen LogP contribution in [0.4, 0.5) is 5.69 Å². The summed E-state index contributed by atoms with van der Waals surface area (Å²) in [4.78, 5) is 10.6. The summed E-state index contributed by atoms with van der Waals surface area (Å²) < 4.78 is 11.5. The lowest BCUT2D eigenvalue weighted by molar-refractivity contribution is -0.385. The van der Waals surface area contributed by atoms with Crippen LogP contribution in [0.3, 0.4) is 0 Å². The first-order valence-corrected chi connectivity index (χ1v) is 7.75. The van der Waals surface area contributed by atoms with Gasteiger partial charge in [0, 0.05) is 17.7 Å². The molecule has 0 saturated carbocycles. The fraction of sp³-hybridized carbons (Fsp3) is 0.368. The number of hydrogen-bond acceptors (Lipinski definition) is 4. The van der Waals surface area contributed by atoms with Crippen LogP contribution in [0.5, 0.6) is 17.2 Å². The van der Waals surface area contributed by atoms with E-state index in [-0.39, 0.29) is 11.1 Å². The minimum absolute atomic E-state index is 0.0717. The van der Waals surface area contributed by atoms with Crippen LogP contribution in [0.25, 0.3) is 0 Å². The summed E-state index contributed by atoms with van der Waals surface area (Å²) >= 11 is 0. The summed E-state index contributed by atoms with van der Waals surface area (Å²) in [6.07, 6.45) is 0. The molecule has 2 rings (SSSR count). The maximum absolute atomic E-state index is 11.0. The lowest BCUT2D eigenvalue weighted by Gasteiger charge is -2.23. The van der Waals surface area contributed by atoms with E-state index in [1.165, 1.54) is 12.1 Å². The van der Waals surface area contributed by atoms with Crippen LogP contribution < -0.4 is 9.47 Å². The minimum Gasteiger partial charge on any atom is -0.496 e. The molecule has 0 N–H and O–H groups in total. The summed E-state index contributed by atoms with van der Waals surface area (Å²) in [5.41, 5.74) is 2.48. The van der Waals surface area contributed by atoms with Gasteiger partial charge < -0.3 is 9.47 Å². The van der Waals surface area contributed by atoms with Gasteiger partial charge in [-0.25, -0.2) is 0 Å². The van der Waals surface area contributed by atoms with E-state index >= 15 is 0 Å². The van der Waals surface area contributed by atoms with Gasteiger partial charge in [0.2, 0.25) is 0 Å². The number of methoxy groups -OCH3 is 1. The lowest BCUT2D eigenvalue weighted by atomic mass is 9.86. The van der Waals surface area contributed by atoms with Crippen LogP contribution in [-0.2, 0) is 5.41 Å². The maximum Gasteiger partial charge on any atom is 0.270 e. The van der Waals surface area contributed by atoms with Crippen molar-refractivity contribution < 1.29 is 14.4 Å². The predicted octanol–water partition coefficient (Wildman–Crippen LogP) is 5.31. The molecule has 5 nitrogen and oxygen atoms in total. The minimum atomic E-state index is -0.394. The molecule has 0 heterocycles. The normalized spacial score (nSPS) is 11.2. The van der Waals surface area contributed by atoms with Gasteiger partial charge in [0.1, 0.15) is 17.2 Å². The third-order valence-electron chi connectivity index (χ3n) is 3.85. The third kappa shape index (κ3) is 3.67. The van der Waals surface area contributed by atoms with Crippen molar-refractivity contribution in [3.63, 3.8) is 0 Å². The zero-order valence-corrected chi connectivity index (χ0v) is 15.0. The van der Waals surface area contributed by atoms with Crippen LogP contribution in [0.2, 0.25) is 0 Å². The van der Waals surface area contributed by atoms with Crippen LogP contribution in [0.1, 0.15) is 37.5 Å². The smallest absolute Gasteiger partial charge is 0.270 e.